The van der Waals surface area contributed by atoms with Crippen molar-refractivity contribution in [2.75, 3.05) is 6.61 Å². The lowest BCUT2D eigenvalue weighted by molar-refractivity contribution is -0.237. The van der Waals surface area contributed by atoms with Crippen LogP contribution in [-0.4, -0.2) is 60.3 Å². The van der Waals surface area contributed by atoms with E-state index in [2.05, 4.69) is 0 Å². The van der Waals surface area contributed by atoms with E-state index in [1.165, 1.54) is 13.0 Å². The maximum Gasteiger partial charge on any atom is 0.303 e. The third kappa shape index (κ3) is 7.49. The molecule has 2 rings (SSSR count). The van der Waals surface area contributed by atoms with Crippen LogP contribution in [0.5, 0.6) is 0 Å². The van der Waals surface area contributed by atoms with Gasteiger partial charge in [0.25, 0.3) is 0 Å². The van der Waals surface area contributed by atoms with E-state index in [9.17, 15) is 23.6 Å². The minimum Gasteiger partial charge on any atom is -0.463 e. The molecule has 0 N–H and O–H groups in total. The molecule has 1 aliphatic rings. The summed E-state index contributed by atoms with van der Waals surface area (Å²) in [6.07, 6.45) is -4.67. The van der Waals surface area contributed by atoms with Gasteiger partial charge < -0.3 is 23.7 Å². The monoisotopic (exact) mass is 472 g/mol. The Balaban J connectivity index is 2.37. The molecule has 1 aromatic carbocycles. The molecule has 0 aromatic heterocycles. The van der Waals surface area contributed by atoms with E-state index < -0.39 is 59.5 Å². The Hall–Kier alpha value is -2.66. The Morgan fingerprint density at radius 3 is 2.00 bits per heavy atom. The molecule has 0 aliphatic carbocycles. The molecule has 1 heterocycles. The highest BCUT2D eigenvalue weighted by Crippen LogP contribution is 2.36. The Bertz CT molecular complexity index is 846. The van der Waals surface area contributed by atoms with Gasteiger partial charge in [0.1, 0.15) is 24.0 Å². The molecule has 32 heavy (non-hydrogen) atoms. The molecule has 0 amide bonds. The van der Waals surface area contributed by atoms with Crippen LogP contribution < -0.4 is 0 Å². The van der Waals surface area contributed by atoms with E-state index in [0.717, 1.165) is 32.5 Å². The SMILES string of the molecule is CC(=O)OC[C@@H]1O[C@H](SCc2ccccc2F)[C@H](OC(C)=O)[C@H](OC(C)=O)[C@@H]1OC(C)=O. The molecule has 5 atom stereocenters. The van der Waals surface area contributed by atoms with Gasteiger partial charge in [-0.25, -0.2) is 4.39 Å². The third-order valence-electron chi connectivity index (χ3n) is 4.31. The Kier molecular flexibility index (Phi) is 9.45. The molecule has 0 radical (unpaired) electrons. The van der Waals surface area contributed by atoms with Crippen LogP contribution in [0, 0.1) is 5.82 Å². The number of carbonyl (C=O) groups excluding carboxylic acids is 4. The zero-order valence-electron chi connectivity index (χ0n) is 18.1. The number of esters is 4. The van der Waals surface area contributed by atoms with Crippen molar-refractivity contribution >= 4 is 35.6 Å². The fourth-order valence-electron chi connectivity index (χ4n) is 3.11. The van der Waals surface area contributed by atoms with Gasteiger partial charge in [0, 0.05) is 33.4 Å². The number of hydrogen-bond acceptors (Lipinski definition) is 10. The zero-order valence-corrected chi connectivity index (χ0v) is 18.9. The van der Waals surface area contributed by atoms with Gasteiger partial charge in [-0.05, 0) is 11.6 Å². The summed E-state index contributed by atoms with van der Waals surface area (Å²) in [5, 5.41) is 0. The first-order chi connectivity index (χ1) is 15.1. The average molecular weight is 472 g/mol. The van der Waals surface area contributed by atoms with E-state index in [0.29, 0.717) is 5.56 Å². The lowest BCUT2D eigenvalue weighted by Gasteiger charge is -2.44. The predicted molar refractivity (Wildman–Crippen MR) is 110 cm³/mol. The van der Waals surface area contributed by atoms with Gasteiger partial charge in [-0.3, -0.25) is 19.2 Å². The Labute approximate surface area is 188 Å². The highest BCUT2D eigenvalue weighted by Gasteiger charge is 2.52. The van der Waals surface area contributed by atoms with Gasteiger partial charge in [0.05, 0.1) is 0 Å². The zero-order chi connectivity index (χ0) is 23.8. The van der Waals surface area contributed by atoms with Crippen LogP contribution in [0.4, 0.5) is 4.39 Å². The molecule has 9 nitrogen and oxygen atoms in total. The van der Waals surface area contributed by atoms with Crippen molar-refractivity contribution in [2.45, 2.75) is 63.3 Å². The molecule has 0 unspecified atom stereocenters. The van der Waals surface area contributed by atoms with Crippen molar-refractivity contribution in [3.8, 4) is 0 Å². The summed E-state index contributed by atoms with van der Waals surface area (Å²) < 4.78 is 41.1. The number of thioether (sulfide) groups is 1. The second-order valence-electron chi connectivity index (χ2n) is 6.97. The molecule has 1 aromatic rings. The third-order valence-corrected chi connectivity index (χ3v) is 5.49. The highest BCUT2D eigenvalue weighted by molar-refractivity contribution is 7.99. The molecule has 0 saturated carbocycles. The first kappa shape index (κ1) is 25.6. The van der Waals surface area contributed by atoms with Gasteiger partial charge in [-0.1, -0.05) is 18.2 Å². The van der Waals surface area contributed by atoms with Crippen LogP contribution in [0.1, 0.15) is 33.3 Å². The van der Waals surface area contributed by atoms with Crippen molar-refractivity contribution in [1.29, 1.82) is 0 Å². The van der Waals surface area contributed by atoms with Crippen LogP contribution in [0.3, 0.4) is 0 Å². The molecule has 1 saturated heterocycles. The van der Waals surface area contributed by atoms with Gasteiger partial charge in [0.15, 0.2) is 18.3 Å². The molecule has 1 aliphatic heterocycles. The van der Waals surface area contributed by atoms with Crippen LogP contribution >= 0.6 is 11.8 Å². The standard InChI is InChI=1S/C21H25FO9S/c1-11(23)27-9-17-18(28-12(2)24)19(29-13(3)25)20(30-14(4)26)21(31-17)32-10-15-7-5-6-8-16(15)22/h5-8,17-21H,9-10H2,1-4H3/t17-,18+,19+,20+,21+/m0/s1. The maximum absolute atomic E-state index is 14.1. The van der Waals surface area contributed by atoms with E-state index >= 15 is 0 Å². The van der Waals surface area contributed by atoms with Crippen LogP contribution in [0.25, 0.3) is 0 Å². The Morgan fingerprint density at radius 2 is 1.44 bits per heavy atom. The number of carbonyl (C=O) groups is 4. The van der Waals surface area contributed by atoms with Crippen molar-refractivity contribution in [3.63, 3.8) is 0 Å². The summed E-state index contributed by atoms with van der Waals surface area (Å²) in [5.41, 5.74) is -0.569. The summed E-state index contributed by atoms with van der Waals surface area (Å²) in [4.78, 5) is 46.6. The molecule has 176 valence electrons. The number of hydrogen-bond donors (Lipinski definition) is 0. The fourth-order valence-corrected chi connectivity index (χ4v) is 4.31. The number of ether oxygens (including phenoxy) is 5. The quantitative estimate of drug-likeness (QED) is 0.412. The molecule has 11 heteroatoms. The Morgan fingerprint density at radius 1 is 0.875 bits per heavy atom. The maximum atomic E-state index is 14.1. The first-order valence-corrected chi connectivity index (χ1v) is 10.8. The molecule has 0 spiro atoms. The van der Waals surface area contributed by atoms with E-state index in [-0.39, 0.29) is 12.4 Å². The van der Waals surface area contributed by atoms with E-state index in [4.69, 9.17) is 23.7 Å². The van der Waals surface area contributed by atoms with Crippen molar-refractivity contribution < 1.29 is 47.3 Å². The molecular weight excluding hydrogens is 447 g/mol. The lowest BCUT2D eigenvalue weighted by atomic mass is 9.99. The summed E-state index contributed by atoms with van der Waals surface area (Å²) in [6, 6.07) is 6.13. The van der Waals surface area contributed by atoms with Crippen LogP contribution in [0.15, 0.2) is 24.3 Å². The van der Waals surface area contributed by atoms with Gasteiger partial charge in [-0.15, -0.1) is 11.8 Å². The smallest absolute Gasteiger partial charge is 0.303 e. The van der Waals surface area contributed by atoms with E-state index in [1.54, 1.807) is 18.2 Å². The minimum absolute atomic E-state index is 0.139. The van der Waals surface area contributed by atoms with Crippen molar-refractivity contribution in [1.82, 2.24) is 0 Å². The summed E-state index contributed by atoms with van der Waals surface area (Å²) in [7, 11) is 0. The minimum atomic E-state index is -1.24. The van der Waals surface area contributed by atoms with E-state index in [1.807, 2.05) is 0 Å². The van der Waals surface area contributed by atoms with Crippen LogP contribution in [-0.2, 0) is 48.6 Å². The van der Waals surface area contributed by atoms with Gasteiger partial charge in [-0.2, -0.15) is 0 Å². The topological polar surface area (TPSA) is 114 Å². The average Bonchev–Trinajstić information content (AvgIpc) is 2.68. The second-order valence-corrected chi connectivity index (χ2v) is 8.06. The predicted octanol–water partition coefficient (Wildman–Crippen LogP) is 2.14. The lowest BCUT2D eigenvalue weighted by Crippen LogP contribution is -2.61. The molecular formula is C21H25FO9S. The number of halogens is 1. The van der Waals surface area contributed by atoms with Crippen LogP contribution in [0.2, 0.25) is 0 Å². The number of benzene rings is 1. The molecule has 1 fully saturated rings. The largest absolute Gasteiger partial charge is 0.463 e. The van der Waals surface area contributed by atoms with Crippen molar-refractivity contribution in [2.24, 2.45) is 0 Å². The summed E-state index contributed by atoms with van der Waals surface area (Å²) in [6.45, 7) is 4.34. The normalized spacial score (nSPS) is 24.8. The van der Waals surface area contributed by atoms with Gasteiger partial charge in [0.2, 0.25) is 0 Å². The first-order valence-electron chi connectivity index (χ1n) is 9.74. The second kappa shape index (κ2) is 11.8. The highest BCUT2D eigenvalue weighted by atomic mass is 32.2. The fraction of sp³-hybridized carbons (Fsp3) is 0.524. The van der Waals surface area contributed by atoms with Crippen molar-refractivity contribution in [3.05, 3.63) is 35.6 Å². The summed E-state index contributed by atoms with van der Waals surface area (Å²) >= 11 is 1.09. The number of rotatable bonds is 8. The summed E-state index contributed by atoms with van der Waals surface area (Å²) in [5.74, 6) is -2.99. The van der Waals surface area contributed by atoms with Gasteiger partial charge >= 0.3 is 23.9 Å². The molecule has 0 bridgehead atoms.